The van der Waals surface area contributed by atoms with Crippen LogP contribution in [-0.4, -0.2) is 23.4 Å². The van der Waals surface area contributed by atoms with Crippen LogP contribution in [-0.2, 0) is 20.9 Å². The number of benzene rings is 1. The van der Waals surface area contributed by atoms with Gasteiger partial charge in [0.2, 0.25) is 5.91 Å². The molecule has 2 aromatic rings. The van der Waals surface area contributed by atoms with Gasteiger partial charge >= 0.3 is 0 Å². The summed E-state index contributed by atoms with van der Waals surface area (Å²) in [6.07, 6.45) is 0.368. The third-order valence-corrected chi connectivity index (χ3v) is 3.74. The van der Waals surface area contributed by atoms with Crippen molar-refractivity contribution in [2.24, 2.45) is 5.92 Å². The maximum atomic E-state index is 11.5. The second kappa shape index (κ2) is 7.86. The molecule has 0 aliphatic heterocycles. The Morgan fingerprint density at radius 1 is 1.23 bits per heavy atom. The fraction of sp³-hybridized carbons (Fsp3) is 0.400. The lowest BCUT2D eigenvalue weighted by Crippen LogP contribution is -2.43. The predicted molar refractivity (Wildman–Crippen MR) is 85.0 cm³/mol. The average molecular weight is 321 g/mol. The molecule has 1 aromatic heterocycles. The summed E-state index contributed by atoms with van der Waals surface area (Å²) in [6.45, 7) is 4.01. The maximum Gasteiger partial charge on any atom is 0.264 e. The molecule has 0 unspecified atom stereocenters. The second-order valence-electron chi connectivity index (χ2n) is 5.26. The van der Waals surface area contributed by atoms with E-state index in [9.17, 15) is 9.59 Å². The molecule has 2 rings (SSSR count). The predicted octanol–water partition coefficient (Wildman–Crippen LogP) is 2.01. The Hall–Kier alpha value is -1.99. The average Bonchev–Trinajstić information content (AvgIpc) is 2.87. The minimum absolute atomic E-state index is 0.127. The van der Waals surface area contributed by atoms with Crippen LogP contribution in [0, 0.1) is 5.92 Å². The van der Waals surface area contributed by atoms with E-state index in [0.29, 0.717) is 6.42 Å². The van der Waals surface area contributed by atoms with Crippen molar-refractivity contribution < 1.29 is 14.3 Å². The van der Waals surface area contributed by atoms with Crippen molar-refractivity contribution in [1.29, 1.82) is 0 Å². The van der Waals surface area contributed by atoms with Gasteiger partial charge in [-0.3, -0.25) is 20.4 Å². The number of amides is 2. The zero-order chi connectivity index (χ0) is 15.9. The highest BCUT2D eigenvalue weighted by Gasteiger charge is 2.08. The van der Waals surface area contributed by atoms with Gasteiger partial charge in [0.05, 0.1) is 16.8 Å². The van der Waals surface area contributed by atoms with Gasteiger partial charge in [0, 0.05) is 6.42 Å². The molecule has 0 saturated heterocycles. The van der Waals surface area contributed by atoms with Crippen molar-refractivity contribution in [2.75, 3.05) is 6.61 Å². The van der Waals surface area contributed by atoms with Crippen LogP contribution in [0.1, 0.15) is 25.3 Å². The van der Waals surface area contributed by atoms with Gasteiger partial charge in [-0.15, -0.1) is 11.3 Å². The molecular formula is C15H19N3O3S. The summed E-state index contributed by atoms with van der Waals surface area (Å²) in [7, 11) is 0. The number of para-hydroxylation sites is 1. The highest BCUT2D eigenvalue weighted by atomic mass is 32.1. The van der Waals surface area contributed by atoms with E-state index < -0.39 is 5.91 Å². The van der Waals surface area contributed by atoms with Crippen LogP contribution in [0.5, 0.6) is 0 Å². The summed E-state index contributed by atoms with van der Waals surface area (Å²) in [5.74, 6) is -0.361. The van der Waals surface area contributed by atoms with Gasteiger partial charge in [0.1, 0.15) is 11.6 Å². The summed E-state index contributed by atoms with van der Waals surface area (Å²) < 4.78 is 6.40. The van der Waals surface area contributed by atoms with E-state index in [1.807, 2.05) is 38.1 Å². The Bertz CT molecular complexity index is 621. The number of thiazole rings is 1. The molecule has 1 aromatic carbocycles. The fourth-order valence-corrected chi connectivity index (χ4v) is 2.71. The number of carbonyl (C=O) groups is 2. The summed E-state index contributed by atoms with van der Waals surface area (Å²) in [5.41, 5.74) is 5.60. The SMILES string of the molecule is CC(C)CC(=O)NNC(=O)COCc1nc2ccccc2s1. The van der Waals surface area contributed by atoms with Gasteiger partial charge < -0.3 is 4.74 Å². The Morgan fingerprint density at radius 3 is 2.68 bits per heavy atom. The molecule has 22 heavy (non-hydrogen) atoms. The highest BCUT2D eigenvalue weighted by molar-refractivity contribution is 7.18. The molecule has 0 aliphatic carbocycles. The monoisotopic (exact) mass is 321 g/mol. The van der Waals surface area contributed by atoms with E-state index in [2.05, 4.69) is 15.8 Å². The number of carbonyl (C=O) groups excluding carboxylic acids is 2. The Balaban J connectivity index is 1.69. The molecular weight excluding hydrogens is 302 g/mol. The zero-order valence-corrected chi connectivity index (χ0v) is 13.4. The number of nitrogens with one attached hydrogen (secondary N) is 2. The minimum Gasteiger partial charge on any atom is -0.364 e. The van der Waals surface area contributed by atoms with Gasteiger partial charge in [0.15, 0.2) is 0 Å². The fourth-order valence-electron chi connectivity index (χ4n) is 1.81. The number of aromatic nitrogens is 1. The second-order valence-corrected chi connectivity index (χ2v) is 6.38. The molecule has 0 bridgehead atoms. The lowest BCUT2D eigenvalue weighted by Gasteiger charge is -2.08. The van der Waals surface area contributed by atoms with Crippen LogP contribution in [0.3, 0.4) is 0 Å². The molecule has 6 nitrogen and oxygen atoms in total. The maximum absolute atomic E-state index is 11.5. The van der Waals surface area contributed by atoms with Gasteiger partial charge in [-0.25, -0.2) is 4.98 Å². The van der Waals surface area contributed by atoms with Crippen LogP contribution in [0.2, 0.25) is 0 Å². The standard InChI is InChI=1S/C15H19N3O3S/c1-10(2)7-13(19)17-18-14(20)8-21-9-15-16-11-5-3-4-6-12(11)22-15/h3-6,10H,7-9H2,1-2H3,(H,17,19)(H,18,20). The quantitative estimate of drug-likeness (QED) is 0.798. The van der Waals surface area contributed by atoms with Crippen LogP contribution >= 0.6 is 11.3 Å². The van der Waals surface area contributed by atoms with Crippen molar-refractivity contribution in [3.63, 3.8) is 0 Å². The smallest absolute Gasteiger partial charge is 0.264 e. The summed E-state index contributed by atoms with van der Waals surface area (Å²) in [5, 5.41) is 0.817. The molecule has 7 heteroatoms. The third kappa shape index (κ3) is 5.09. The molecule has 0 aliphatic rings. The number of fused-ring (bicyclic) bond motifs is 1. The number of ether oxygens (including phenoxy) is 1. The topological polar surface area (TPSA) is 80.3 Å². The molecule has 1 heterocycles. The number of hydrazine groups is 1. The van der Waals surface area contributed by atoms with E-state index >= 15 is 0 Å². The first-order valence-electron chi connectivity index (χ1n) is 7.04. The molecule has 0 fully saturated rings. The van der Waals surface area contributed by atoms with Gasteiger partial charge in [-0.2, -0.15) is 0 Å². The summed E-state index contributed by atoms with van der Waals surface area (Å²) in [6, 6.07) is 7.82. The molecule has 0 radical (unpaired) electrons. The zero-order valence-electron chi connectivity index (χ0n) is 12.6. The summed E-state index contributed by atoms with van der Waals surface area (Å²) in [4.78, 5) is 27.3. The first kappa shape index (κ1) is 16.4. The van der Waals surface area contributed by atoms with Gasteiger partial charge in [-0.1, -0.05) is 26.0 Å². The van der Waals surface area contributed by atoms with Crippen molar-refractivity contribution in [3.8, 4) is 0 Å². The van der Waals surface area contributed by atoms with E-state index in [-0.39, 0.29) is 25.0 Å². The third-order valence-electron chi connectivity index (χ3n) is 2.73. The molecule has 0 saturated carbocycles. The largest absolute Gasteiger partial charge is 0.364 e. The van der Waals surface area contributed by atoms with E-state index in [0.717, 1.165) is 15.2 Å². The lowest BCUT2D eigenvalue weighted by atomic mass is 10.1. The number of nitrogens with zero attached hydrogens (tertiary/aromatic N) is 1. The number of rotatable bonds is 6. The number of hydrogen-bond donors (Lipinski definition) is 2. The molecule has 2 amide bonds. The normalized spacial score (nSPS) is 10.9. The first-order chi connectivity index (χ1) is 10.5. The Kier molecular flexibility index (Phi) is 5.85. The van der Waals surface area contributed by atoms with Crippen LogP contribution in [0.25, 0.3) is 10.2 Å². The van der Waals surface area contributed by atoms with Crippen molar-refractivity contribution in [3.05, 3.63) is 29.3 Å². The van der Waals surface area contributed by atoms with Crippen LogP contribution in [0.4, 0.5) is 0 Å². The van der Waals surface area contributed by atoms with E-state index in [4.69, 9.17) is 4.74 Å². The summed E-state index contributed by atoms with van der Waals surface area (Å²) >= 11 is 1.54. The Labute approximate surface area is 132 Å². The molecule has 0 spiro atoms. The van der Waals surface area contributed by atoms with Gasteiger partial charge in [-0.05, 0) is 18.1 Å². The van der Waals surface area contributed by atoms with E-state index in [1.54, 1.807) is 0 Å². The van der Waals surface area contributed by atoms with Crippen molar-refractivity contribution in [2.45, 2.75) is 26.9 Å². The van der Waals surface area contributed by atoms with E-state index in [1.165, 1.54) is 11.3 Å². The molecule has 118 valence electrons. The van der Waals surface area contributed by atoms with Crippen LogP contribution < -0.4 is 10.9 Å². The van der Waals surface area contributed by atoms with Crippen molar-refractivity contribution in [1.82, 2.24) is 15.8 Å². The number of hydrogen-bond acceptors (Lipinski definition) is 5. The minimum atomic E-state index is -0.391. The van der Waals surface area contributed by atoms with Crippen molar-refractivity contribution >= 4 is 33.4 Å². The molecule has 2 N–H and O–H groups in total. The lowest BCUT2D eigenvalue weighted by molar-refractivity contribution is -0.132. The molecule has 0 atom stereocenters. The Morgan fingerprint density at radius 2 is 1.95 bits per heavy atom. The highest BCUT2D eigenvalue weighted by Crippen LogP contribution is 2.21. The van der Waals surface area contributed by atoms with Crippen LogP contribution in [0.15, 0.2) is 24.3 Å². The first-order valence-corrected chi connectivity index (χ1v) is 7.86. The van der Waals surface area contributed by atoms with Gasteiger partial charge in [0.25, 0.3) is 5.91 Å².